The number of carbonyl (C=O) groups excluding carboxylic acids is 2. The number of nitrogens with one attached hydrogen (secondary N) is 1. The Balaban J connectivity index is 1.46. The number of ether oxygens (including phenoxy) is 2. The first-order valence-corrected chi connectivity index (χ1v) is 13.1. The van der Waals surface area contributed by atoms with E-state index in [1.807, 2.05) is 78.9 Å². The highest BCUT2D eigenvalue weighted by Gasteiger charge is 2.35. The Morgan fingerprint density at radius 3 is 2.19 bits per heavy atom. The van der Waals surface area contributed by atoms with Crippen LogP contribution in [0, 0.1) is 0 Å². The number of hydrogen-bond acceptors (Lipinski definition) is 6. The van der Waals surface area contributed by atoms with Crippen molar-refractivity contribution in [2.75, 3.05) is 27.3 Å². The normalized spacial score (nSPS) is 16.5. The van der Waals surface area contributed by atoms with Gasteiger partial charge in [0, 0.05) is 19.5 Å². The third-order valence-electron chi connectivity index (χ3n) is 6.07. The summed E-state index contributed by atoms with van der Waals surface area (Å²) in [5.41, 5.74) is 2.93. The second kappa shape index (κ2) is 13.0. The van der Waals surface area contributed by atoms with Crippen molar-refractivity contribution in [1.29, 1.82) is 0 Å². The van der Waals surface area contributed by atoms with Gasteiger partial charge in [0.05, 0.1) is 25.2 Å². The van der Waals surface area contributed by atoms with Gasteiger partial charge in [-0.2, -0.15) is 0 Å². The molecular weight excluding hydrogens is 486 g/mol. The van der Waals surface area contributed by atoms with Crippen molar-refractivity contribution < 1.29 is 19.1 Å². The number of amides is 2. The van der Waals surface area contributed by atoms with Crippen LogP contribution in [0.5, 0.6) is 11.5 Å². The van der Waals surface area contributed by atoms with E-state index in [-0.39, 0.29) is 18.2 Å². The summed E-state index contributed by atoms with van der Waals surface area (Å²) in [6.07, 6.45) is 1.52. The van der Waals surface area contributed by atoms with E-state index in [2.05, 4.69) is 5.32 Å². The van der Waals surface area contributed by atoms with Crippen LogP contribution in [0.25, 0.3) is 0 Å². The Morgan fingerprint density at radius 1 is 0.919 bits per heavy atom. The molecule has 0 saturated carbocycles. The van der Waals surface area contributed by atoms with Crippen LogP contribution < -0.4 is 14.8 Å². The maximum absolute atomic E-state index is 13.2. The van der Waals surface area contributed by atoms with Crippen LogP contribution in [0.4, 0.5) is 5.69 Å². The summed E-state index contributed by atoms with van der Waals surface area (Å²) in [6, 6.07) is 25.1. The maximum atomic E-state index is 13.2. The van der Waals surface area contributed by atoms with Crippen LogP contribution in [-0.2, 0) is 22.4 Å². The highest BCUT2D eigenvalue weighted by molar-refractivity contribution is 8.15. The summed E-state index contributed by atoms with van der Waals surface area (Å²) in [5.74, 6) is 1.26. The van der Waals surface area contributed by atoms with Gasteiger partial charge in [0.25, 0.3) is 0 Å². The first-order valence-electron chi connectivity index (χ1n) is 12.2. The Hall–Kier alpha value is -3.78. The molecule has 1 atom stereocenters. The van der Waals surface area contributed by atoms with E-state index >= 15 is 0 Å². The van der Waals surface area contributed by atoms with Gasteiger partial charge in [-0.15, -0.1) is 0 Å². The average molecular weight is 518 g/mol. The first-order chi connectivity index (χ1) is 18.1. The average Bonchev–Trinajstić information content (AvgIpc) is 2.93. The lowest BCUT2D eigenvalue weighted by atomic mass is 10.1. The number of amidine groups is 1. The molecule has 1 aliphatic heterocycles. The molecule has 0 aliphatic carbocycles. The smallest absolute Gasteiger partial charge is 0.234 e. The van der Waals surface area contributed by atoms with Crippen molar-refractivity contribution in [2.24, 2.45) is 4.99 Å². The molecule has 1 N–H and O–H groups in total. The largest absolute Gasteiger partial charge is 0.497 e. The summed E-state index contributed by atoms with van der Waals surface area (Å²) < 4.78 is 10.5. The number of rotatable bonds is 10. The minimum Gasteiger partial charge on any atom is -0.497 e. The SMILES string of the molecule is COc1ccc(CCN2C(=O)CC(C(=O)NCCc3ccccc3)SC2=Nc2ccc(OC)cc2)cc1. The fourth-order valence-corrected chi connectivity index (χ4v) is 5.10. The Bertz CT molecular complexity index is 1210. The molecule has 3 aromatic rings. The van der Waals surface area contributed by atoms with Crippen molar-refractivity contribution in [3.8, 4) is 11.5 Å². The number of nitrogens with zero attached hydrogens (tertiary/aromatic N) is 2. The van der Waals surface area contributed by atoms with Crippen molar-refractivity contribution in [2.45, 2.75) is 24.5 Å². The van der Waals surface area contributed by atoms with E-state index in [0.717, 1.165) is 29.0 Å². The molecule has 1 fully saturated rings. The van der Waals surface area contributed by atoms with E-state index in [1.54, 1.807) is 19.1 Å². The van der Waals surface area contributed by atoms with E-state index in [1.165, 1.54) is 11.8 Å². The Labute approximate surface area is 221 Å². The highest BCUT2D eigenvalue weighted by Crippen LogP contribution is 2.30. The molecule has 2 amide bonds. The Kier molecular flexibility index (Phi) is 9.21. The van der Waals surface area contributed by atoms with Gasteiger partial charge in [-0.05, 0) is 60.4 Å². The molecule has 4 rings (SSSR count). The van der Waals surface area contributed by atoms with Crippen LogP contribution in [-0.4, -0.2) is 54.4 Å². The molecular formula is C29H31N3O4S. The van der Waals surface area contributed by atoms with Gasteiger partial charge in [-0.1, -0.05) is 54.2 Å². The van der Waals surface area contributed by atoms with Gasteiger partial charge in [0.1, 0.15) is 11.5 Å². The van der Waals surface area contributed by atoms with Gasteiger partial charge >= 0.3 is 0 Å². The molecule has 8 heteroatoms. The number of carbonyl (C=O) groups is 2. The van der Waals surface area contributed by atoms with E-state index in [4.69, 9.17) is 14.5 Å². The summed E-state index contributed by atoms with van der Waals surface area (Å²) in [7, 11) is 3.24. The van der Waals surface area contributed by atoms with Crippen molar-refractivity contribution in [3.05, 3.63) is 90.0 Å². The van der Waals surface area contributed by atoms with Gasteiger partial charge < -0.3 is 14.8 Å². The second-order valence-electron chi connectivity index (χ2n) is 8.57. The zero-order chi connectivity index (χ0) is 26.0. The van der Waals surface area contributed by atoms with Gasteiger partial charge in [0.2, 0.25) is 11.8 Å². The molecule has 1 unspecified atom stereocenters. The van der Waals surface area contributed by atoms with Gasteiger partial charge in [-0.3, -0.25) is 14.5 Å². The molecule has 3 aromatic carbocycles. The lowest BCUT2D eigenvalue weighted by Crippen LogP contribution is -2.47. The fraction of sp³-hybridized carbons (Fsp3) is 0.276. The quantitative estimate of drug-likeness (QED) is 0.424. The van der Waals surface area contributed by atoms with Crippen molar-refractivity contribution >= 4 is 34.4 Å². The van der Waals surface area contributed by atoms with E-state index in [9.17, 15) is 9.59 Å². The monoisotopic (exact) mass is 517 g/mol. The number of methoxy groups -OCH3 is 2. The Morgan fingerprint density at radius 2 is 1.54 bits per heavy atom. The maximum Gasteiger partial charge on any atom is 0.234 e. The number of thioether (sulfide) groups is 1. The summed E-state index contributed by atoms with van der Waals surface area (Å²) >= 11 is 1.34. The molecule has 0 bridgehead atoms. The van der Waals surface area contributed by atoms with Gasteiger partial charge in [-0.25, -0.2) is 4.99 Å². The molecule has 37 heavy (non-hydrogen) atoms. The lowest BCUT2D eigenvalue weighted by Gasteiger charge is -2.32. The minimum absolute atomic E-state index is 0.109. The number of hydrogen-bond donors (Lipinski definition) is 1. The predicted octanol–water partition coefficient (Wildman–Crippen LogP) is 4.63. The van der Waals surface area contributed by atoms with Crippen LogP contribution in [0.1, 0.15) is 17.5 Å². The van der Waals surface area contributed by atoms with Crippen molar-refractivity contribution in [1.82, 2.24) is 10.2 Å². The summed E-state index contributed by atoms with van der Waals surface area (Å²) in [4.78, 5) is 32.7. The molecule has 0 aromatic heterocycles. The van der Waals surface area contributed by atoms with Crippen LogP contribution in [0.2, 0.25) is 0 Å². The van der Waals surface area contributed by atoms with Crippen LogP contribution >= 0.6 is 11.8 Å². The second-order valence-corrected chi connectivity index (χ2v) is 9.74. The van der Waals surface area contributed by atoms with Gasteiger partial charge in [0.15, 0.2) is 5.17 Å². The highest BCUT2D eigenvalue weighted by atomic mass is 32.2. The number of benzene rings is 3. The minimum atomic E-state index is -0.530. The standard InChI is InChI=1S/C29H31N3O4S/c1-35-24-12-8-22(9-13-24)17-19-32-27(33)20-26(28(34)30-18-16-21-6-4-3-5-7-21)37-29(32)31-23-10-14-25(36-2)15-11-23/h3-15,26H,16-20H2,1-2H3,(H,30,34). The molecule has 0 spiro atoms. The summed E-state index contributed by atoms with van der Waals surface area (Å²) in [6.45, 7) is 0.982. The lowest BCUT2D eigenvalue weighted by molar-refractivity contribution is -0.130. The van der Waals surface area contributed by atoms with E-state index in [0.29, 0.717) is 30.4 Å². The third kappa shape index (κ3) is 7.36. The zero-order valence-electron chi connectivity index (χ0n) is 21.1. The summed E-state index contributed by atoms with van der Waals surface area (Å²) in [5, 5.41) is 2.99. The first kappa shape index (κ1) is 26.3. The topological polar surface area (TPSA) is 80.2 Å². The molecule has 192 valence electrons. The van der Waals surface area contributed by atoms with E-state index < -0.39 is 5.25 Å². The molecule has 7 nitrogen and oxygen atoms in total. The van der Waals surface area contributed by atoms with Crippen molar-refractivity contribution in [3.63, 3.8) is 0 Å². The molecule has 0 radical (unpaired) electrons. The molecule has 1 heterocycles. The third-order valence-corrected chi connectivity index (χ3v) is 7.26. The fourth-order valence-electron chi connectivity index (χ4n) is 3.95. The predicted molar refractivity (Wildman–Crippen MR) is 148 cm³/mol. The van der Waals surface area contributed by atoms with Crippen LogP contribution in [0.15, 0.2) is 83.9 Å². The molecule has 1 saturated heterocycles. The van der Waals surface area contributed by atoms with Crippen LogP contribution in [0.3, 0.4) is 0 Å². The molecule has 1 aliphatic rings. The zero-order valence-corrected chi connectivity index (χ0v) is 21.9. The number of aliphatic imine (C=N–C) groups is 1.